The molecular formula is C32H26BrClN2O. The molecule has 5 heteroatoms. The molecule has 1 aliphatic heterocycles. The fourth-order valence-electron chi connectivity index (χ4n) is 5.25. The molecule has 0 radical (unpaired) electrons. The quantitative estimate of drug-likeness (QED) is 0.185. The largest absolute Gasteiger partial charge is 0.487 e. The Morgan fingerprint density at radius 1 is 0.973 bits per heavy atom. The average Bonchev–Trinajstić information content (AvgIpc) is 3.43. The summed E-state index contributed by atoms with van der Waals surface area (Å²) in [6.45, 7) is 0.464. The predicted octanol–water partition coefficient (Wildman–Crippen LogP) is 9.26. The first kappa shape index (κ1) is 24.0. The third-order valence-electron chi connectivity index (χ3n) is 7.15. The van der Waals surface area contributed by atoms with E-state index in [0.29, 0.717) is 29.2 Å². The topological polar surface area (TPSA) is 33.6 Å². The molecule has 0 aromatic heterocycles. The Morgan fingerprint density at radius 3 is 2.59 bits per heavy atom. The minimum absolute atomic E-state index is 0.289. The van der Waals surface area contributed by atoms with Gasteiger partial charge >= 0.3 is 0 Å². The second kappa shape index (κ2) is 10.6. The molecule has 2 aliphatic rings. The second-order valence-electron chi connectivity index (χ2n) is 9.52. The van der Waals surface area contributed by atoms with E-state index in [1.807, 2.05) is 48.7 Å². The first-order valence-corrected chi connectivity index (χ1v) is 13.6. The van der Waals surface area contributed by atoms with Crippen molar-refractivity contribution in [1.82, 2.24) is 0 Å². The van der Waals surface area contributed by atoms with Gasteiger partial charge < -0.3 is 10.1 Å². The van der Waals surface area contributed by atoms with Crippen molar-refractivity contribution < 1.29 is 4.74 Å². The minimum Gasteiger partial charge on any atom is -0.487 e. The van der Waals surface area contributed by atoms with Crippen molar-refractivity contribution in [1.29, 1.82) is 0 Å². The Morgan fingerprint density at radius 2 is 1.78 bits per heavy atom. The zero-order valence-electron chi connectivity index (χ0n) is 20.1. The van der Waals surface area contributed by atoms with E-state index in [1.165, 1.54) is 16.8 Å². The number of para-hydroxylation sites is 1. The smallest absolute Gasteiger partial charge is 0.138 e. The van der Waals surface area contributed by atoms with Crippen LogP contribution in [0.25, 0.3) is 0 Å². The van der Waals surface area contributed by atoms with Crippen molar-refractivity contribution in [3.63, 3.8) is 0 Å². The van der Waals surface area contributed by atoms with E-state index >= 15 is 0 Å². The first-order chi connectivity index (χ1) is 18.1. The summed E-state index contributed by atoms with van der Waals surface area (Å²) in [4.78, 5) is 4.68. The molecule has 0 fully saturated rings. The van der Waals surface area contributed by atoms with Crippen LogP contribution in [-0.2, 0) is 6.61 Å². The number of hydrogen-bond acceptors (Lipinski definition) is 3. The maximum atomic E-state index is 6.48. The highest BCUT2D eigenvalue weighted by Gasteiger charge is 2.37. The molecule has 184 valence electrons. The van der Waals surface area contributed by atoms with Gasteiger partial charge in [0.15, 0.2) is 0 Å². The van der Waals surface area contributed by atoms with E-state index in [1.54, 1.807) is 0 Å². The monoisotopic (exact) mass is 568 g/mol. The number of nitrogens with zero attached hydrogens (tertiary/aromatic N) is 1. The molecule has 3 atom stereocenters. The number of hydrogen-bond donors (Lipinski definition) is 1. The summed E-state index contributed by atoms with van der Waals surface area (Å²) in [5.74, 6) is 1.68. The summed E-state index contributed by atoms with van der Waals surface area (Å²) >= 11 is 9.93. The summed E-state index contributed by atoms with van der Waals surface area (Å²) < 4.78 is 6.95. The molecule has 37 heavy (non-hydrogen) atoms. The summed E-state index contributed by atoms with van der Waals surface area (Å²) in [5.41, 5.74) is 6.86. The Bertz CT molecular complexity index is 1460. The van der Waals surface area contributed by atoms with E-state index < -0.39 is 0 Å². The summed E-state index contributed by atoms with van der Waals surface area (Å²) in [5, 5.41) is 4.36. The number of anilines is 1. The van der Waals surface area contributed by atoms with Gasteiger partial charge in [0.2, 0.25) is 0 Å². The molecule has 0 amide bonds. The minimum atomic E-state index is 0.289. The van der Waals surface area contributed by atoms with E-state index in [0.717, 1.165) is 27.7 Å². The van der Waals surface area contributed by atoms with Crippen molar-refractivity contribution >= 4 is 45.1 Å². The van der Waals surface area contributed by atoms with Crippen LogP contribution in [0.5, 0.6) is 5.75 Å². The highest BCUT2D eigenvalue weighted by Crippen LogP contribution is 2.49. The van der Waals surface area contributed by atoms with Gasteiger partial charge in [-0.25, -0.2) is 0 Å². The van der Waals surface area contributed by atoms with Crippen LogP contribution >= 0.6 is 27.5 Å². The number of aliphatic imine (C=N–C) groups is 1. The van der Waals surface area contributed by atoms with Crippen molar-refractivity contribution in [3.05, 3.63) is 135 Å². The SMILES string of the molecule is Clc1cc(C=Nc2ccc([C@@H]3Nc4ccccc4[C@H]4C=CC[C@H]43)cc2)ccc1OCc1ccc(Br)cc1. The molecular weight excluding hydrogens is 544 g/mol. The first-order valence-electron chi connectivity index (χ1n) is 12.5. The number of allylic oxidation sites excluding steroid dienone is 2. The number of benzene rings is 4. The van der Waals surface area contributed by atoms with Gasteiger partial charge in [0, 0.05) is 22.3 Å². The number of nitrogens with one attached hydrogen (secondary N) is 1. The van der Waals surface area contributed by atoms with E-state index in [2.05, 4.69) is 86.9 Å². The van der Waals surface area contributed by atoms with Crippen LogP contribution in [0.2, 0.25) is 5.02 Å². The van der Waals surface area contributed by atoms with Crippen LogP contribution in [0.1, 0.15) is 40.6 Å². The number of fused-ring (bicyclic) bond motifs is 3. The lowest BCUT2D eigenvalue weighted by Crippen LogP contribution is -2.28. The van der Waals surface area contributed by atoms with Gasteiger partial charge in [-0.05, 0) is 83.1 Å². The van der Waals surface area contributed by atoms with Crippen molar-refractivity contribution in [2.24, 2.45) is 10.9 Å². The standard InChI is InChI=1S/C32H26BrClN2O/c33-24-13-8-21(9-14-24)20-37-31-17-10-22(18-29(31)34)19-35-25-15-11-23(12-16-25)32-28-6-3-5-26(28)27-4-1-2-7-30(27)36-32/h1-5,7-19,26,28,32,36H,6,20H2/t26-,28-,32+/m1/s1. The molecule has 4 aromatic carbocycles. The summed E-state index contributed by atoms with van der Waals surface area (Å²) in [7, 11) is 0. The highest BCUT2D eigenvalue weighted by atomic mass is 79.9. The van der Waals surface area contributed by atoms with Gasteiger partial charge in [-0.1, -0.05) is 82.1 Å². The molecule has 1 heterocycles. The molecule has 0 spiro atoms. The molecule has 1 N–H and O–H groups in total. The van der Waals surface area contributed by atoms with Gasteiger partial charge in [0.25, 0.3) is 0 Å². The van der Waals surface area contributed by atoms with Crippen molar-refractivity contribution in [2.75, 3.05) is 5.32 Å². The lowest BCUT2D eigenvalue weighted by molar-refractivity contribution is 0.306. The zero-order chi connectivity index (χ0) is 25.2. The molecule has 0 saturated heterocycles. The lowest BCUT2D eigenvalue weighted by Gasteiger charge is -2.37. The molecule has 0 saturated carbocycles. The Labute approximate surface area is 231 Å². The third-order valence-corrected chi connectivity index (χ3v) is 7.97. The molecule has 0 bridgehead atoms. The lowest BCUT2D eigenvalue weighted by atomic mass is 9.77. The maximum absolute atomic E-state index is 6.48. The fourth-order valence-corrected chi connectivity index (χ4v) is 5.75. The van der Waals surface area contributed by atoms with Gasteiger partial charge in [-0.2, -0.15) is 0 Å². The maximum Gasteiger partial charge on any atom is 0.138 e. The van der Waals surface area contributed by atoms with E-state index in [9.17, 15) is 0 Å². The predicted molar refractivity (Wildman–Crippen MR) is 156 cm³/mol. The van der Waals surface area contributed by atoms with E-state index in [-0.39, 0.29) is 6.04 Å². The number of ether oxygens (including phenoxy) is 1. The van der Waals surface area contributed by atoms with Crippen LogP contribution in [0.4, 0.5) is 11.4 Å². The van der Waals surface area contributed by atoms with Crippen molar-refractivity contribution in [3.8, 4) is 5.75 Å². The van der Waals surface area contributed by atoms with Gasteiger partial charge in [-0.3, -0.25) is 4.99 Å². The zero-order valence-corrected chi connectivity index (χ0v) is 22.5. The summed E-state index contributed by atoms with van der Waals surface area (Å²) in [6.07, 6.45) is 7.64. The van der Waals surface area contributed by atoms with E-state index in [4.69, 9.17) is 16.3 Å². The fraction of sp³-hybridized carbons (Fsp3) is 0.156. The van der Waals surface area contributed by atoms with Crippen molar-refractivity contribution in [2.45, 2.75) is 25.0 Å². The van der Waals surface area contributed by atoms with Gasteiger partial charge in [0.1, 0.15) is 12.4 Å². The third kappa shape index (κ3) is 5.22. The van der Waals surface area contributed by atoms with Gasteiger partial charge in [0.05, 0.1) is 16.8 Å². The summed E-state index contributed by atoms with van der Waals surface area (Å²) in [6, 6.07) is 31.3. The van der Waals surface area contributed by atoms with Crippen LogP contribution in [-0.4, -0.2) is 6.21 Å². The number of rotatable bonds is 6. The van der Waals surface area contributed by atoms with Crippen LogP contribution < -0.4 is 10.1 Å². The Kier molecular flexibility index (Phi) is 6.86. The van der Waals surface area contributed by atoms with Crippen LogP contribution in [0, 0.1) is 5.92 Å². The number of halogens is 2. The van der Waals surface area contributed by atoms with Crippen LogP contribution in [0.3, 0.4) is 0 Å². The molecule has 4 aromatic rings. The van der Waals surface area contributed by atoms with Gasteiger partial charge in [-0.15, -0.1) is 0 Å². The highest BCUT2D eigenvalue weighted by molar-refractivity contribution is 9.10. The second-order valence-corrected chi connectivity index (χ2v) is 10.8. The Balaban J connectivity index is 1.12. The molecule has 3 nitrogen and oxygen atoms in total. The van der Waals surface area contributed by atoms with Crippen LogP contribution in [0.15, 0.2) is 113 Å². The molecule has 0 unspecified atom stereocenters. The average molecular weight is 570 g/mol. The normalized spacial score (nSPS) is 19.9. The molecule has 1 aliphatic carbocycles. The Hall–Kier alpha value is -3.34. The molecule has 6 rings (SSSR count).